The van der Waals surface area contributed by atoms with Gasteiger partial charge in [0, 0.05) is 25.0 Å². The molecule has 2 aromatic carbocycles. The van der Waals surface area contributed by atoms with E-state index in [1.165, 1.54) is 0 Å². The molecule has 8 nitrogen and oxygen atoms in total. The van der Waals surface area contributed by atoms with Crippen molar-refractivity contribution in [3.8, 4) is 11.1 Å². The number of alkyl carbamates (subject to hydrolysis) is 1. The first kappa shape index (κ1) is 23.8. The number of nitrogens with zero attached hydrogens (tertiary/aromatic N) is 1. The Morgan fingerprint density at radius 3 is 2.32 bits per heavy atom. The third kappa shape index (κ3) is 5.39. The molecular weight excluding hydrogens is 436 g/mol. The molecule has 2 amide bonds. The number of nitrogens with one attached hydrogen (secondary N) is 1. The highest BCUT2D eigenvalue weighted by molar-refractivity contribution is 5.79. The van der Waals surface area contributed by atoms with Crippen LogP contribution in [0, 0.1) is 0 Å². The van der Waals surface area contributed by atoms with Crippen LogP contribution in [0.5, 0.6) is 0 Å². The first-order chi connectivity index (χ1) is 16.4. The third-order valence-electron chi connectivity index (χ3n) is 6.59. The fourth-order valence-corrected chi connectivity index (χ4v) is 4.98. The molecule has 2 aliphatic rings. The highest BCUT2D eigenvalue weighted by atomic mass is 16.5. The lowest BCUT2D eigenvalue weighted by atomic mass is 9.98. The number of carboxylic acids is 1. The van der Waals surface area contributed by atoms with Gasteiger partial charge in [0.1, 0.15) is 6.61 Å². The summed E-state index contributed by atoms with van der Waals surface area (Å²) in [5.41, 5.74) is 4.50. The van der Waals surface area contributed by atoms with Crippen LogP contribution in [0.25, 0.3) is 11.1 Å². The Morgan fingerprint density at radius 1 is 1.03 bits per heavy atom. The minimum absolute atomic E-state index is 0.0603. The number of aliphatic carboxylic acids is 1. The summed E-state index contributed by atoms with van der Waals surface area (Å²) in [4.78, 5) is 37.5. The van der Waals surface area contributed by atoms with Gasteiger partial charge in [0.25, 0.3) is 0 Å². The van der Waals surface area contributed by atoms with Crippen LogP contribution in [0.4, 0.5) is 4.79 Å². The van der Waals surface area contributed by atoms with Crippen LogP contribution in [0.15, 0.2) is 48.5 Å². The molecule has 0 radical (unpaired) electrons. The number of aliphatic hydroxyl groups is 1. The number of likely N-dealkylation sites (tertiary alicyclic amines) is 1. The summed E-state index contributed by atoms with van der Waals surface area (Å²) >= 11 is 0. The van der Waals surface area contributed by atoms with E-state index in [4.69, 9.17) is 9.84 Å². The highest BCUT2D eigenvalue weighted by Gasteiger charge is 2.30. The molecule has 1 heterocycles. The maximum atomic E-state index is 12.6. The monoisotopic (exact) mass is 466 g/mol. The van der Waals surface area contributed by atoms with Crippen LogP contribution < -0.4 is 5.32 Å². The predicted octanol–water partition coefficient (Wildman–Crippen LogP) is 3.13. The number of carboxylic acid groups (broad SMARTS) is 1. The van der Waals surface area contributed by atoms with Crippen molar-refractivity contribution in [2.24, 2.45) is 0 Å². The second-order valence-electron chi connectivity index (χ2n) is 8.90. The number of rotatable bonds is 8. The summed E-state index contributed by atoms with van der Waals surface area (Å²) in [5, 5.41) is 21.9. The van der Waals surface area contributed by atoms with E-state index in [0.717, 1.165) is 35.1 Å². The Bertz CT molecular complexity index is 1010. The summed E-state index contributed by atoms with van der Waals surface area (Å²) in [6.45, 7) is 0.530. The van der Waals surface area contributed by atoms with Crippen LogP contribution in [0.3, 0.4) is 0 Å². The second kappa shape index (κ2) is 10.7. The average Bonchev–Trinajstić information content (AvgIpc) is 3.15. The number of benzene rings is 2. The number of carbonyl (C=O) groups excluding carboxylic acids is 2. The molecule has 0 bridgehead atoms. The second-order valence-corrected chi connectivity index (χ2v) is 8.90. The summed E-state index contributed by atoms with van der Waals surface area (Å²) < 4.78 is 5.45. The van der Waals surface area contributed by atoms with Crippen LogP contribution in [-0.4, -0.2) is 64.9 Å². The molecule has 0 saturated carbocycles. The number of piperidine rings is 1. The molecule has 2 atom stereocenters. The van der Waals surface area contributed by atoms with Crippen molar-refractivity contribution in [2.75, 3.05) is 19.7 Å². The number of fused-ring (bicyclic) bond motifs is 3. The fourth-order valence-electron chi connectivity index (χ4n) is 4.98. The smallest absolute Gasteiger partial charge is 0.407 e. The van der Waals surface area contributed by atoms with Crippen molar-refractivity contribution >= 4 is 18.0 Å². The van der Waals surface area contributed by atoms with E-state index in [-0.39, 0.29) is 43.9 Å². The summed E-state index contributed by atoms with van der Waals surface area (Å²) in [7, 11) is 0. The SMILES string of the molecule is O=C(O)C[C@@H]1CCCCN1C(=O)CC(O)CNC(=O)OCC1c2ccccc2-c2ccccc21. The van der Waals surface area contributed by atoms with E-state index in [9.17, 15) is 19.5 Å². The van der Waals surface area contributed by atoms with Crippen molar-refractivity contribution in [3.63, 3.8) is 0 Å². The zero-order valence-corrected chi connectivity index (χ0v) is 19.0. The van der Waals surface area contributed by atoms with Crippen molar-refractivity contribution in [2.45, 2.75) is 50.2 Å². The molecule has 34 heavy (non-hydrogen) atoms. The number of hydrogen-bond acceptors (Lipinski definition) is 5. The van der Waals surface area contributed by atoms with Gasteiger partial charge in [-0.15, -0.1) is 0 Å². The lowest BCUT2D eigenvalue weighted by molar-refractivity contribution is -0.142. The number of hydrogen-bond donors (Lipinski definition) is 3. The molecule has 0 spiro atoms. The minimum atomic E-state index is -1.08. The molecular formula is C26H30N2O6. The molecule has 1 saturated heterocycles. The molecule has 180 valence electrons. The molecule has 8 heteroatoms. The predicted molar refractivity (Wildman–Crippen MR) is 125 cm³/mol. The minimum Gasteiger partial charge on any atom is -0.481 e. The van der Waals surface area contributed by atoms with Gasteiger partial charge >= 0.3 is 12.1 Å². The van der Waals surface area contributed by atoms with Crippen LogP contribution in [0.1, 0.15) is 49.1 Å². The van der Waals surface area contributed by atoms with Gasteiger partial charge in [0.15, 0.2) is 0 Å². The first-order valence-electron chi connectivity index (χ1n) is 11.7. The van der Waals surface area contributed by atoms with Crippen LogP contribution in [-0.2, 0) is 14.3 Å². The Balaban J connectivity index is 1.26. The van der Waals surface area contributed by atoms with Crippen LogP contribution in [0.2, 0.25) is 0 Å². The quantitative estimate of drug-likeness (QED) is 0.550. The van der Waals surface area contributed by atoms with Crippen molar-refractivity contribution < 1.29 is 29.3 Å². The number of aliphatic hydroxyl groups excluding tert-OH is 1. The topological polar surface area (TPSA) is 116 Å². The molecule has 1 fully saturated rings. The van der Waals surface area contributed by atoms with Gasteiger partial charge in [-0.2, -0.15) is 0 Å². The van der Waals surface area contributed by atoms with Gasteiger partial charge in [-0.05, 0) is 41.5 Å². The molecule has 2 aromatic rings. The Hall–Kier alpha value is -3.39. The highest BCUT2D eigenvalue weighted by Crippen LogP contribution is 2.44. The maximum Gasteiger partial charge on any atom is 0.407 e. The van der Waals surface area contributed by atoms with Gasteiger partial charge in [-0.25, -0.2) is 4.79 Å². The normalized spacial score (nSPS) is 18.0. The lowest BCUT2D eigenvalue weighted by Crippen LogP contribution is -2.46. The van der Waals surface area contributed by atoms with Gasteiger partial charge in [-0.1, -0.05) is 48.5 Å². The van der Waals surface area contributed by atoms with E-state index in [1.807, 2.05) is 36.4 Å². The molecule has 4 rings (SSSR count). The van der Waals surface area contributed by atoms with E-state index in [2.05, 4.69) is 17.4 Å². The molecule has 0 aromatic heterocycles. The van der Waals surface area contributed by atoms with Gasteiger partial charge < -0.3 is 25.2 Å². The molecule has 1 unspecified atom stereocenters. The number of ether oxygens (including phenoxy) is 1. The number of amides is 2. The zero-order valence-electron chi connectivity index (χ0n) is 19.0. The summed E-state index contributed by atoms with van der Waals surface area (Å²) in [6.07, 6.45) is 0.324. The molecule has 1 aliphatic carbocycles. The Labute approximate surface area is 198 Å². The maximum absolute atomic E-state index is 12.6. The standard InChI is InChI=1S/C26H30N2O6/c29-18(14-24(30)28-12-6-5-7-17(28)13-25(31)32)15-27-26(33)34-16-23-21-10-3-1-8-19(21)20-9-2-4-11-22(20)23/h1-4,8-11,17-18,23,29H,5-7,12-16H2,(H,27,33)(H,31,32)/t17-,18?/m0/s1. The van der Waals surface area contributed by atoms with Gasteiger partial charge in [0.05, 0.1) is 18.9 Å². The number of carbonyl (C=O) groups is 3. The third-order valence-corrected chi connectivity index (χ3v) is 6.59. The largest absolute Gasteiger partial charge is 0.481 e. The average molecular weight is 467 g/mol. The van der Waals surface area contributed by atoms with E-state index >= 15 is 0 Å². The van der Waals surface area contributed by atoms with Gasteiger partial charge in [0.2, 0.25) is 5.91 Å². The summed E-state index contributed by atoms with van der Waals surface area (Å²) in [5.74, 6) is -1.30. The van der Waals surface area contributed by atoms with Crippen molar-refractivity contribution in [3.05, 3.63) is 59.7 Å². The fraction of sp³-hybridized carbons (Fsp3) is 0.423. The van der Waals surface area contributed by atoms with Crippen molar-refractivity contribution in [1.29, 1.82) is 0 Å². The zero-order chi connectivity index (χ0) is 24.1. The van der Waals surface area contributed by atoms with E-state index in [0.29, 0.717) is 13.0 Å². The molecule has 1 aliphatic heterocycles. The lowest BCUT2D eigenvalue weighted by Gasteiger charge is -2.35. The van der Waals surface area contributed by atoms with Crippen molar-refractivity contribution in [1.82, 2.24) is 10.2 Å². The molecule has 3 N–H and O–H groups in total. The Morgan fingerprint density at radius 2 is 1.68 bits per heavy atom. The van der Waals surface area contributed by atoms with Crippen LogP contribution >= 0.6 is 0 Å². The first-order valence-corrected chi connectivity index (χ1v) is 11.7. The van der Waals surface area contributed by atoms with E-state index in [1.54, 1.807) is 4.90 Å². The van der Waals surface area contributed by atoms with Gasteiger partial charge in [-0.3, -0.25) is 9.59 Å². The Kier molecular flexibility index (Phi) is 7.47. The summed E-state index contributed by atoms with van der Waals surface area (Å²) in [6, 6.07) is 15.8. The van der Waals surface area contributed by atoms with E-state index < -0.39 is 18.2 Å².